The van der Waals surface area contributed by atoms with Gasteiger partial charge in [-0.05, 0) is 31.6 Å². The molecule has 1 saturated carbocycles. The van der Waals surface area contributed by atoms with E-state index < -0.39 is 0 Å². The van der Waals surface area contributed by atoms with Gasteiger partial charge in [-0.3, -0.25) is 0 Å². The average Bonchev–Trinajstić information content (AvgIpc) is 2.37. The summed E-state index contributed by atoms with van der Waals surface area (Å²) < 4.78 is 0.346. The number of alkyl halides is 1. The van der Waals surface area contributed by atoms with E-state index in [9.17, 15) is 5.11 Å². The second-order valence-corrected chi connectivity index (χ2v) is 7.59. The zero-order chi connectivity index (χ0) is 13.3. The largest absolute Gasteiger partial charge is 0.396 e. The Labute approximate surface area is 122 Å². The van der Waals surface area contributed by atoms with Gasteiger partial charge in [0.2, 0.25) is 0 Å². The van der Waals surface area contributed by atoms with Crippen LogP contribution in [0.25, 0.3) is 0 Å². The molecule has 0 amide bonds. The van der Waals surface area contributed by atoms with E-state index >= 15 is 0 Å². The molecule has 1 rings (SSSR count). The molecule has 18 heavy (non-hydrogen) atoms. The summed E-state index contributed by atoms with van der Waals surface area (Å²) >= 11 is 4.04. The fourth-order valence-corrected chi connectivity index (χ4v) is 4.38. The third-order valence-corrected chi connectivity index (χ3v) is 5.99. The molecule has 0 heterocycles. The molecule has 108 valence electrons. The van der Waals surface area contributed by atoms with E-state index in [0.29, 0.717) is 16.8 Å². The van der Waals surface area contributed by atoms with Crippen molar-refractivity contribution in [3.63, 3.8) is 0 Å². The Hall–Kier alpha value is 0.440. The molecule has 1 nitrogen and oxygen atoms in total. The fraction of sp³-hybridized carbons (Fsp3) is 1.00. The molecule has 0 spiro atoms. The SMILES string of the molecule is CCCCCCCCC1(Br)CCCCC1CCO. The molecule has 2 heteroatoms. The summed E-state index contributed by atoms with van der Waals surface area (Å²) in [6.45, 7) is 2.63. The van der Waals surface area contributed by atoms with Crippen LogP contribution in [0.1, 0.15) is 84.0 Å². The highest BCUT2D eigenvalue weighted by atomic mass is 79.9. The number of halogens is 1. The zero-order valence-corrected chi connectivity index (χ0v) is 13.7. The maximum atomic E-state index is 9.20. The monoisotopic (exact) mass is 318 g/mol. The summed E-state index contributed by atoms with van der Waals surface area (Å²) in [6, 6.07) is 0. The van der Waals surface area contributed by atoms with E-state index in [4.69, 9.17) is 0 Å². The Kier molecular flexibility index (Phi) is 8.58. The molecule has 0 saturated heterocycles. The van der Waals surface area contributed by atoms with Gasteiger partial charge in [0.05, 0.1) is 0 Å². The van der Waals surface area contributed by atoms with Gasteiger partial charge in [-0.15, -0.1) is 0 Å². The summed E-state index contributed by atoms with van der Waals surface area (Å²) in [4.78, 5) is 0. The minimum atomic E-state index is 0.346. The predicted molar refractivity (Wildman–Crippen MR) is 83.3 cm³/mol. The van der Waals surface area contributed by atoms with Crippen LogP contribution in [0.2, 0.25) is 0 Å². The lowest BCUT2D eigenvalue weighted by Gasteiger charge is -2.40. The van der Waals surface area contributed by atoms with Gasteiger partial charge in [0.1, 0.15) is 0 Å². The summed E-state index contributed by atoms with van der Waals surface area (Å²) in [7, 11) is 0. The molecular formula is C16H31BrO. The topological polar surface area (TPSA) is 20.2 Å². The molecule has 1 N–H and O–H groups in total. The molecule has 0 aromatic carbocycles. The Balaban J connectivity index is 2.23. The maximum absolute atomic E-state index is 9.20. The number of hydrogen-bond donors (Lipinski definition) is 1. The number of rotatable bonds is 9. The van der Waals surface area contributed by atoms with E-state index in [1.165, 1.54) is 70.6 Å². The van der Waals surface area contributed by atoms with Gasteiger partial charge in [-0.25, -0.2) is 0 Å². The van der Waals surface area contributed by atoms with E-state index in [1.54, 1.807) is 0 Å². The van der Waals surface area contributed by atoms with Gasteiger partial charge >= 0.3 is 0 Å². The smallest absolute Gasteiger partial charge is 0.0434 e. The van der Waals surface area contributed by atoms with Crippen LogP contribution in [0.15, 0.2) is 0 Å². The highest BCUT2D eigenvalue weighted by molar-refractivity contribution is 9.10. The van der Waals surface area contributed by atoms with Gasteiger partial charge in [0.15, 0.2) is 0 Å². The molecule has 0 aromatic rings. The molecule has 1 aliphatic rings. The molecule has 0 radical (unpaired) electrons. The Bertz CT molecular complexity index is 205. The lowest BCUT2D eigenvalue weighted by Crippen LogP contribution is -2.35. The summed E-state index contributed by atoms with van der Waals surface area (Å²) in [5.74, 6) is 0.701. The van der Waals surface area contributed by atoms with Crippen molar-refractivity contribution < 1.29 is 5.11 Å². The third-order valence-electron chi connectivity index (χ3n) is 4.55. The van der Waals surface area contributed by atoms with Crippen LogP contribution in [0.5, 0.6) is 0 Å². The van der Waals surface area contributed by atoms with E-state index in [2.05, 4.69) is 22.9 Å². The molecule has 0 bridgehead atoms. The lowest BCUT2D eigenvalue weighted by atomic mass is 9.75. The van der Waals surface area contributed by atoms with Crippen LogP contribution >= 0.6 is 15.9 Å². The van der Waals surface area contributed by atoms with Crippen LogP contribution < -0.4 is 0 Å². The quantitative estimate of drug-likeness (QED) is 0.443. The van der Waals surface area contributed by atoms with Crippen molar-refractivity contribution in [2.45, 2.75) is 88.3 Å². The van der Waals surface area contributed by atoms with Crippen LogP contribution in [-0.4, -0.2) is 16.0 Å². The first-order valence-electron chi connectivity index (χ1n) is 8.02. The highest BCUT2D eigenvalue weighted by Crippen LogP contribution is 2.45. The van der Waals surface area contributed by atoms with E-state index in [-0.39, 0.29) is 0 Å². The average molecular weight is 319 g/mol. The summed E-state index contributed by atoms with van der Waals surface area (Å²) in [5, 5.41) is 9.20. The van der Waals surface area contributed by atoms with Gasteiger partial charge in [0, 0.05) is 10.9 Å². The first-order valence-corrected chi connectivity index (χ1v) is 8.82. The summed E-state index contributed by atoms with van der Waals surface area (Å²) in [5.41, 5.74) is 0. The third kappa shape index (κ3) is 5.61. The first-order chi connectivity index (χ1) is 8.73. The highest BCUT2D eigenvalue weighted by Gasteiger charge is 2.37. The van der Waals surface area contributed by atoms with E-state index in [0.717, 1.165) is 6.42 Å². The van der Waals surface area contributed by atoms with Crippen molar-refractivity contribution in [3.8, 4) is 0 Å². The van der Waals surface area contributed by atoms with Crippen molar-refractivity contribution in [2.24, 2.45) is 5.92 Å². The molecule has 0 aromatic heterocycles. The minimum Gasteiger partial charge on any atom is -0.396 e. The zero-order valence-electron chi connectivity index (χ0n) is 12.1. The maximum Gasteiger partial charge on any atom is 0.0434 e. The number of aliphatic hydroxyl groups is 1. The Morgan fingerprint density at radius 3 is 2.56 bits per heavy atom. The minimum absolute atomic E-state index is 0.346. The molecular weight excluding hydrogens is 288 g/mol. The van der Waals surface area contributed by atoms with Crippen molar-refractivity contribution in [1.29, 1.82) is 0 Å². The second kappa shape index (κ2) is 9.36. The molecule has 2 unspecified atom stereocenters. The number of hydrogen-bond acceptors (Lipinski definition) is 1. The fourth-order valence-electron chi connectivity index (χ4n) is 3.36. The van der Waals surface area contributed by atoms with Crippen LogP contribution in [0, 0.1) is 5.92 Å². The van der Waals surface area contributed by atoms with Crippen LogP contribution in [-0.2, 0) is 0 Å². The van der Waals surface area contributed by atoms with Crippen molar-refractivity contribution in [3.05, 3.63) is 0 Å². The molecule has 0 aliphatic heterocycles. The summed E-state index contributed by atoms with van der Waals surface area (Å²) in [6.07, 6.45) is 15.9. The van der Waals surface area contributed by atoms with E-state index in [1.807, 2.05) is 0 Å². The van der Waals surface area contributed by atoms with Crippen molar-refractivity contribution in [1.82, 2.24) is 0 Å². The number of unbranched alkanes of at least 4 members (excludes halogenated alkanes) is 5. The van der Waals surface area contributed by atoms with Crippen molar-refractivity contribution in [2.75, 3.05) is 6.61 Å². The lowest BCUT2D eigenvalue weighted by molar-refractivity contribution is 0.191. The number of aliphatic hydroxyl groups excluding tert-OH is 1. The normalized spacial score (nSPS) is 28.5. The van der Waals surface area contributed by atoms with Gasteiger partial charge < -0.3 is 5.11 Å². The standard InChI is InChI=1S/C16H31BrO/c1-2-3-4-5-6-8-12-16(17)13-9-7-10-15(16)11-14-18/h15,18H,2-14H2,1H3. The molecule has 1 aliphatic carbocycles. The van der Waals surface area contributed by atoms with Crippen molar-refractivity contribution >= 4 is 15.9 Å². The predicted octanol–water partition coefficient (Wildman–Crippen LogP) is 5.44. The van der Waals surface area contributed by atoms with Gasteiger partial charge in [-0.1, -0.05) is 74.2 Å². The van der Waals surface area contributed by atoms with Crippen LogP contribution in [0.4, 0.5) is 0 Å². The second-order valence-electron chi connectivity index (χ2n) is 6.01. The van der Waals surface area contributed by atoms with Gasteiger partial charge in [0.25, 0.3) is 0 Å². The Morgan fingerprint density at radius 1 is 1.11 bits per heavy atom. The Morgan fingerprint density at radius 2 is 1.83 bits per heavy atom. The first kappa shape index (κ1) is 16.5. The molecule has 1 fully saturated rings. The van der Waals surface area contributed by atoms with Gasteiger partial charge in [-0.2, -0.15) is 0 Å². The van der Waals surface area contributed by atoms with Crippen LogP contribution in [0.3, 0.4) is 0 Å². The molecule has 2 atom stereocenters.